The van der Waals surface area contributed by atoms with Gasteiger partial charge in [-0.05, 0) is 18.6 Å². The van der Waals surface area contributed by atoms with Gasteiger partial charge in [-0.25, -0.2) is 8.42 Å². The lowest BCUT2D eigenvalue weighted by molar-refractivity contribution is 0.591. The van der Waals surface area contributed by atoms with Crippen molar-refractivity contribution >= 4 is 20.7 Å². The maximum Gasteiger partial charge on any atom is 0.208 e. The molecule has 2 rings (SSSR count). The Kier molecular flexibility index (Phi) is 3.75. The molecule has 0 bridgehead atoms. The van der Waals surface area contributed by atoms with E-state index in [4.69, 9.17) is 0 Å². The smallest absolute Gasteiger partial charge is 0.208 e. The Morgan fingerprint density at radius 2 is 1.89 bits per heavy atom. The zero-order chi connectivity index (χ0) is 14.0. The summed E-state index contributed by atoms with van der Waals surface area (Å²) in [6, 6.07) is 7.04. The third-order valence-electron chi connectivity index (χ3n) is 3.17. The van der Waals surface area contributed by atoms with E-state index in [1.54, 1.807) is 29.8 Å². The van der Waals surface area contributed by atoms with E-state index in [1.165, 1.54) is 6.20 Å². The van der Waals surface area contributed by atoms with Gasteiger partial charge < -0.3 is 4.57 Å². The fourth-order valence-corrected chi connectivity index (χ4v) is 3.68. The molecule has 0 saturated heterocycles. The Labute approximate surface area is 112 Å². The number of aromatic nitrogens is 1. The minimum absolute atomic E-state index is 0.0249. The van der Waals surface area contributed by atoms with Crippen molar-refractivity contribution in [3.8, 4) is 0 Å². The average Bonchev–Trinajstić information content (AvgIpc) is 2.40. The van der Waals surface area contributed by atoms with Gasteiger partial charge in [-0.15, -0.1) is 0 Å². The third kappa shape index (κ3) is 2.56. The van der Waals surface area contributed by atoms with E-state index in [2.05, 4.69) is 0 Å². The van der Waals surface area contributed by atoms with Crippen molar-refractivity contribution in [1.29, 1.82) is 0 Å². The summed E-state index contributed by atoms with van der Waals surface area (Å²) in [7, 11) is -1.75. The van der Waals surface area contributed by atoms with E-state index in [0.717, 1.165) is 11.9 Å². The summed E-state index contributed by atoms with van der Waals surface area (Å²) in [4.78, 5) is 12.2. The number of unbranched alkanes of at least 4 members (excludes halogenated alkanes) is 1. The summed E-state index contributed by atoms with van der Waals surface area (Å²) in [5.74, 6) is 0.0249. The number of fused-ring (bicyclic) bond motifs is 1. The average molecular weight is 279 g/mol. The van der Waals surface area contributed by atoms with Crippen LogP contribution in [-0.2, 0) is 16.9 Å². The molecule has 0 atom stereocenters. The fourth-order valence-electron chi connectivity index (χ4n) is 2.08. The van der Waals surface area contributed by atoms with E-state index in [0.29, 0.717) is 11.8 Å². The van der Waals surface area contributed by atoms with Crippen LogP contribution in [0.5, 0.6) is 0 Å². The fraction of sp³-hybridized carbons (Fsp3) is 0.357. The number of rotatable bonds is 4. The number of sulfone groups is 1. The third-order valence-corrected chi connectivity index (χ3v) is 4.95. The van der Waals surface area contributed by atoms with Gasteiger partial charge in [0, 0.05) is 18.6 Å². The van der Waals surface area contributed by atoms with Crippen LogP contribution < -0.4 is 5.43 Å². The van der Waals surface area contributed by atoms with E-state index >= 15 is 0 Å². The van der Waals surface area contributed by atoms with Gasteiger partial charge in [-0.2, -0.15) is 0 Å². The summed E-state index contributed by atoms with van der Waals surface area (Å²) >= 11 is 0. The lowest BCUT2D eigenvalue weighted by Gasteiger charge is -2.09. The first kappa shape index (κ1) is 13.8. The molecule has 19 heavy (non-hydrogen) atoms. The quantitative estimate of drug-likeness (QED) is 0.861. The van der Waals surface area contributed by atoms with Crippen LogP contribution in [0.1, 0.15) is 19.8 Å². The van der Waals surface area contributed by atoms with Gasteiger partial charge in [0.2, 0.25) is 5.43 Å². The van der Waals surface area contributed by atoms with Gasteiger partial charge in [0.15, 0.2) is 9.84 Å². The zero-order valence-electron chi connectivity index (χ0n) is 11.1. The van der Waals surface area contributed by atoms with E-state index in [9.17, 15) is 13.2 Å². The number of pyridine rings is 1. The molecule has 2 aromatic rings. The molecule has 1 aromatic carbocycles. The Balaban J connectivity index is 2.70. The van der Waals surface area contributed by atoms with E-state index < -0.39 is 15.3 Å². The summed E-state index contributed by atoms with van der Waals surface area (Å²) in [6.45, 7) is 1.92. The van der Waals surface area contributed by atoms with Crippen molar-refractivity contribution in [1.82, 2.24) is 4.57 Å². The molecule has 0 fully saturated rings. The van der Waals surface area contributed by atoms with Crippen LogP contribution >= 0.6 is 0 Å². The molecule has 5 heteroatoms. The van der Waals surface area contributed by atoms with Gasteiger partial charge in [0.25, 0.3) is 0 Å². The Hall–Kier alpha value is -1.62. The number of nitrogens with zero attached hydrogens (tertiary/aromatic N) is 1. The maximum absolute atomic E-state index is 12.3. The largest absolute Gasteiger partial charge is 0.349 e. The first-order valence-corrected chi connectivity index (χ1v) is 7.93. The Morgan fingerprint density at radius 3 is 2.58 bits per heavy atom. The van der Waals surface area contributed by atoms with Crippen LogP contribution in [0, 0.1) is 0 Å². The topological polar surface area (TPSA) is 56.1 Å². The SMILES string of the molecule is CCCCS(=O)(=O)c1cn(C)c2ccccc2c1=O. The van der Waals surface area contributed by atoms with Crippen molar-refractivity contribution < 1.29 is 8.42 Å². The van der Waals surface area contributed by atoms with Gasteiger partial charge >= 0.3 is 0 Å². The second-order valence-corrected chi connectivity index (χ2v) is 6.70. The molecule has 1 aromatic heterocycles. The summed E-state index contributed by atoms with van der Waals surface area (Å²) in [5, 5.41) is 0.447. The molecular weight excluding hydrogens is 262 g/mol. The minimum Gasteiger partial charge on any atom is -0.349 e. The molecule has 0 aliphatic rings. The normalized spacial score (nSPS) is 11.9. The number of hydrogen-bond acceptors (Lipinski definition) is 3. The number of benzene rings is 1. The highest BCUT2D eigenvalue weighted by Gasteiger charge is 2.20. The molecule has 0 aliphatic heterocycles. The summed E-state index contributed by atoms with van der Waals surface area (Å²) < 4.78 is 26.1. The molecule has 0 aliphatic carbocycles. The second kappa shape index (κ2) is 5.17. The van der Waals surface area contributed by atoms with Gasteiger partial charge in [0.05, 0.1) is 11.3 Å². The van der Waals surface area contributed by atoms with E-state index in [1.807, 2.05) is 13.0 Å². The molecule has 1 heterocycles. The molecule has 0 saturated carbocycles. The first-order valence-electron chi connectivity index (χ1n) is 6.28. The Bertz CT molecular complexity index is 760. The molecule has 102 valence electrons. The van der Waals surface area contributed by atoms with Crippen molar-refractivity contribution in [2.45, 2.75) is 24.7 Å². The number of para-hydroxylation sites is 1. The molecule has 0 N–H and O–H groups in total. The highest BCUT2D eigenvalue weighted by molar-refractivity contribution is 7.91. The number of hydrogen-bond donors (Lipinski definition) is 0. The van der Waals surface area contributed by atoms with Crippen molar-refractivity contribution in [2.24, 2.45) is 7.05 Å². The highest BCUT2D eigenvalue weighted by Crippen LogP contribution is 2.15. The lowest BCUT2D eigenvalue weighted by Crippen LogP contribution is -2.20. The van der Waals surface area contributed by atoms with Gasteiger partial charge in [0.1, 0.15) is 4.90 Å². The molecule has 0 radical (unpaired) electrons. The molecule has 0 unspecified atom stereocenters. The second-order valence-electron chi connectivity index (χ2n) is 4.62. The predicted octanol–water partition coefficient (Wildman–Crippen LogP) is 2.11. The first-order chi connectivity index (χ1) is 8.97. The lowest BCUT2D eigenvalue weighted by atomic mass is 10.2. The van der Waals surface area contributed by atoms with Crippen LogP contribution in [-0.4, -0.2) is 18.7 Å². The van der Waals surface area contributed by atoms with Gasteiger partial charge in [-0.3, -0.25) is 4.79 Å². The van der Waals surface area contributed by atoms with Crippen LogP contribution in [0.3, 0.4) is 0 Å². The standard InChI is InChI=1S/C14H17NO3S/c1-3-4-9-19(17,18)13-10-15(2)12-8-6-5-7-11(12)14(13)16/h5-8,10H,3-4,9H2,1-2H3. The molecular formula is C14H17NO3S. The minimum atomic E-state index is -3.50. The van der Waals surface area contributed by atoms with Crippen LogP contribution in [0.4, 0.5) is 0 Å². The van der Waals surface area contributed by atoms with Crippen LogP contribution in [0.25, 0.3) is 10.9 Å². The molecule has 4 nitrogen and oxygen atoms in total. The molecule has 0 spiro atoms. The van der Waals surface area contributed by atoms with Crippen LogP contribution in [0.2, 0.25) is 0 Å². The van der Waals surface area contributed by atoms with Crippen molar-refractivity contribution in [2.75, 3.05) is 5.75 Å². The summed E-state index contributed by atoms with van der Waals surface area (Å²) in [5.41, 5.74) is 0.340. The summed E-state index contributed by atoms with van der Waals surface area (Å²) in [6.07, 6.45) is 2.78. The van der Waals surface area contributed by atoms with Crippen molar-refractivity contribution in [3.05, 3.63) is 40.7 Å². The monoisotopic (exact) mass is 279 g/mol. The maximum atomic E-state index is 12.3. The predicted molar refractivity (Wildman–Crippen MR) is 76.1 cm³/mol. The zero-order valence-corrected chi connectivity index (χ0v) is 11.9. The number of aryl methyl sites for hydroxylation is 1. The highest BCUT2D eigenvalue weighted by atomic mass is 32.2. The van der Waals surface area contributed by atoms with Crippen molar-refractivity contribution in [3.63, 3.8) is 0 Å². The van der Waals surface area contributed by atoms with E-state index in [-0.39, 0.29) is 10.6 Å². The van der Waals surface area contributed by atoms with Gasteiger partial charge in [-0.1, -0.05) is 25.5 Å². The molecule has 0 amide bonds. The van der Waals surface area contributed by atoms with Crippen LogP contribution in [0.15, 0.2) is 40.2 Å². The Morgan fingerprint density at radius 1 is 1.21 bits per heavy atom.